The second-order valence-electron chi connectivity index (χ2n) is 6.87. The fourth-order valence-electron chi connectivity index (χ4n) is 2.87. The molecule has 0 saturated carbocycles. The van der Waals surface area contributed by atoms with E-state index in [9.17, 15) is 24.5 Å². The van der Waals surface area contributed by atoms with Crippen molar-refractivity contribution in [3.05, 3.63) is 104 Å². The molecule has 0 saturated heterocycles. The Labute approximate surface area is 177 Å². The number of carbonyl (C=O) groups is 2. The van der Waals surface area contributed by atoms with E-state index in [4.69, 9.17) is 0 Å². The molecule has 0 aliphatic heterocycles. The maximum Gasteiger partial charge on any atom is 0.285 e. The number of nitrogens with one attached hydrogen (secondary N) is 2. The van der Waals surface area contributed by atoms with Crippen molar-refractivity contribution >= 4 is 23.2 Å². The summed E-state index contributed by atoms with van der Waals surface area (Å²) in [6.45, 7) is 1.87. The van der Waals surface area contributed by atoms with Crippen LogP contribution in [0, 0.1) is 17.0 Å². The quantitative estimate of drug-likeness (QED) is 0.449. The van der Waals surface area contributed by atoms with E-state index in [0.29, 0.717) is 6.54 Å². The van der Waals surface area contributed by atoms with Crippen LogP contribution in [0.4, 0.5) is 11.4 Å². The molecule has 2 N–H and O–H groups in total. The summed E-state index contributed by atoms with van der Waals surface area (Å²) in [6, 6.07) is 16.3. The van der Waals surface area contributed by atoms with Crippen molar-refractivity contribution in [1.29, 1.82) is 0 Å². The Balaban J connectivity index is 1.70. The Kier molecular flexibility index (Phi) is 6.56. The Morgan fingerprint density at radius 2 is 1.74 bits per heavy atom. The predicted molar refractivity (Wildman–Crippen MR) is 115 cm³/mol. The highest BCUT2D eigenvalue weighted by Crippen LogP contribution is 2.16. The van der Waals surface area contributed by atoms with Crippen LogP contribution in [0.2, 0.25) is 0 Å². The van der Waals surface area contributed by atoms with Crippen LogP contribution in [0.15, 0.2) is 71.7 Å². The summed E-state index contributed by atoms with van der Waals surface area (Å²) in [4.78, 5) is 47.2. The first-order valence-electron chi connectivity index (χ1n) is 9.41. The summed E-state index contributed by atoms with van der Waals surface area (Å²) >= 11 is 0. The minimum Gasteiger partial charge on any atom is -0.348 e. The van der Waals surface area contributed by atoms with Crippen LogP contribution >= 0.6 is 0 Å². The lowest BCUT2D eigenvalue weighted by Gasteiger charge is -2.12. The maximum atomic E-state index is 12.6. The van der Waals surface area contributed by atoms with Crippen LogP contribution in [0.5, 0.6) is 0 Å². The molecule has 0 fully saturated rings. The van der Waals surface area contributed by atoms with Gasteiger partial charge in [0.1, 0.15) is 6.54 Å². The summed E-state index contributed by atoms with van der Waals surface area (Å²) < 4.78 is 0.938. The van der Waals surface area contributed by atoms with Gasteiger partial charge in [0.25, 0.3) is 17.2 Å². The van der Waals surface area contributed by atoms with E-state index in [0.717, 1.165) is 34.0 Å². The van der Waals surface area contributed by atoms with Gasteiger partial charge in [-0.3, -0.25) is 29.1 Å². The van der Waals surface area contributed by atoms with Gasteiger partial charge in [-0.05, 0) is 24.6 Å². The fraction of sp³-hybridized carbons (Fsp3) is 0.136. The molecule has 158 valence electrons. The Morgan fingerprint density at radius 3 is 2.45 bits per heavy atom. The number of hydrogen-bond donors (Lipinski definition) is 2. The monoisotopic (exact) mass is 420 g/mol. The molecular weight excluding hydrogens is 400 g/mol. The molecule has 0 bridgehead atoms. The number of amides is 2. The molecule has 0 atom stereocenters. The number of rotatable bonds is 7. The van der Waals surface area contributed by atoms with Gasteiger partial charge in [-0.25, -0.2) is 0 Å². The zero-order chi connectivity index (χ0) is 22.4. The van der Waals surface area contributed by atoms with E-state index in [1.165, 1.54) is 0 Å². The molecule has 0 aliphatic rings. The average molecular weight is 420 g/mol. The fourth-order valence-corrected chi connectivity index (χ4v) is 2.87. The minimum atomic E-state index is -0.651. The topological polar surface area (TPSA) is 123 Å². The number of pyridine rings is 1. The molecule has 0 aliphatic carbocycles. The number of hydrogen-bond acceptors (Lipinski definition) is 5. The van der Waals surface area contributed by atoms with Gasteiger partial charge in [0.2, 0.25) is 5.91 Å². The number of carbonyl (C=O) groups excluding carboxylic acids is 2. The van der Waals surface area contributed by atoms with Crippen LogP contribution < -0.4 is 16.2 Å². The standard InChI is InChI=1S/C22H20N4O5/c1-15-6-8-16(9-7-15)12-23-22(29)18-4-2-3-5-19(18)24-20(27)14-25-13-17(26(30)31)10-11-21(25)28/h2-11,13H,12,14H2,1H3,(H,23,29)(H,24,27). The number of para-hydroxylation sites is 1. The third kappa shape index (κ3) is 5.63. The third-order valence-corrected chi connectivity index (χ3v) is 4.51. The molecule has 1 heterocycles. The first kappa shape index (κ1) is 21.4. The molecule has 0 radical (unpaired) electrons. The molecule has 31 heavy (non-hydrogen) atoms. The number of nitro groups is 1. The van der Waals surface area contributed by atoms with E-state index in [1.807, 2.05) is 31.2 Å². The van der Waals surface area contributed by atoms with Gasteiger partial charge < -0.3 is 10.6 Å². The Hall–Kier alpha value is -4.27. The van der Waals surface area contributed by atoms with Crippen molar-refractivity contribution in [1.82, 2.24) is 9.88 Å². The first-order valence-corrected chi connectivity index (χ1v) is 9.41. The van der Waals surface area contributed by atoms with Gasteiger partial charge in [0, 0.05) is 18.7 Å². The highest BCUT2D eigenvalue weighted by molar-refractivity contribution is 6.03. The normalized spacial score (nSPS) is 10.4. The van der Waals surface area contributed by atoms with Crippen molar-refractivity contribution in [2.24, 2.45) is 0 Å². The van der Waals surface area contributed by atoms with Gasteiger partial charge in [-0.1, -0.05) is 42.0 Å². The predicted octanol–water partition coefficient (Wildman–Crippen LogP) is 2.63. The van der Waals surface area contributed by atoms with Crippen LogP contribution in [-0.4, -0.2) is 21.3 Å². The molecule has 3 rings (SSSR count). The van der Waals surface area contributed by atoms with Crippen LogP contribution in [0.1, 0.15) is 21.5 Å². The summed E-state index contributed by atoms with van der Waals surface area (Å²) in [5, 5.41) is 16.3. The lowest BCUT2D eigenvalue weighted by atomic mass is 10.1. The van der Waals surface area contributed by atoms with Crippen molar-refractivity contribution in [2.75, 3.05) is 5.32 Å². The molecule has 3 aromatic rings. The highest BCUT2D eigenvalue weighted by Gasteiger charge is 2.15. The average Bonchev–Trinajstić information content (AvgIpc) is 2.75. The second-order valence-corrected chi connectivity index (χ2v) is 6.87. The highest BCUT2D eigenvalue weighted by atomic mass is 16.6. The SMILES string of the molecule is Cc1ccc(CNC(=O)c2ccccc2NC(=O)Cn2cc([N+](=O)[O-])ccc2=O)cc1. The van der Waals surface area contributed by atoms with E-state index >= 15 is 0 Å². The molecule has 2 aromatic carbocycles. The summed E-state index contributed by atoms with van der Waals surface area (Å²) in [5.74, 6) is -0.967. The first-order chi connectivity index (χ1) is 14.8. The zero-order valence-electron chi connectivity index (χ0n) is 16.7. The smallest absolute Gasteiger partial charge is 0.285 e. The van der Waals surface area contributed by atoms with Crippen molar-refractivity contribution in [2.45, 2.75) is 20.0 Å². The molecule has 0 spiro atoms. The van der Waals surface area contributed by atoms with E-state index in [-0.39, 0.29) is 22.8 Å². The molecule has 1 aromatic heterocycles. The van der Waals surface area contributed by atoms with Gasteiger partial charge >= 0.3 is 0 Å². The number of aromatic nitrogens is 1. The van der Waals surface area contributed by atoms with Crippen LogP contribution in [0.25, 0.3) is 0 Å². The zero-order valence-corrected chi connectivity index (χ0v) is 16.7. The number of benzene rings is 2. The molecule has 2 amide bonds. The largest absolute Gasteiger partial charge is 0.348 e. The summed E-state index contributed by atoms with van der Waals surface area (Å²) in [5.41, 5.74) is 1.73. The van der Waals surface area contributed by atoms with Crippen LogP contribution in [-0.2, 0) is 17.9 Å². The molecule has 0 unspecified atom stereocenters. The van der Waals surface area contributed by atoms with Gasteiger partial charge in [-0.15, -0.1) is 0 Å². The Morgan fingerprint density at radius 1 is 1.03 bits per heavy atom. The van der Waals surface area contributed by atoms with Gasteiger partial charge in [0.15, 0.2) is 0 Å². The third-order valence-electron chi connectivity index (χ3n) is 4.51. The molecule has 9 nitrogen and oxygen atoms in total. The van der Waals surface area contributed by atoms with Gasteiger partial charge in [-0.2, -0.15) is 0 Å². The molecular formula is C22H20N4O5. The number of nitrogens with zero attached hydrogens (tertiary/aromatic N) is 2. The molecule has 9 heteroatoms. The van der Waals surface area contributed by atoms with Crippen molar-refractivity contribution in [3.8, 4) is 0 Å². The maximum absolute atomic E-state index is 12.6. The Bertz CT molecular complexity index is 1190. The summed E-state index contributed by atoms with van der Waals surface area (Å²) in [6.07, 6.45) is 1.00. The minimum absolute atomic E-state index is 0.259. The van der Waals surface area contributed by atoms with E-state index < -0.39 is 22.9 Å². The number of aryl methyl sites for hydroxylation is 1. The van der Waals surface area contributed by atoms with Gasteiger partial charge in [0.05, 0.1) is 22.4 Å². The van der Waals surface area contributed by atoms with E-state index in [2.05, 4.69) is 10.6 Å². The van der Waals surface area contributed by atoms with Crippen LogP contribution in [0.3, 0.4) is 0 Å². The number of anilines is 1. The van der Waals surface area contributed by atoms with Crippen molar-refractivity contribution in [3.63, 3.8) is 0 Å². The summed E-state index contributed by atoms with van der Waals surface area (Å²) in [7, 11) is 0. The lowest BCUT2D eigenvalue weighted by Crippen LogP contribution is -2.28. The second kappa shape index (κ2) is 9.49. The lowest BCUT2D eigenvalue weighted by molar-refractivity contribution is -0.385. The van der Waals surface area contributed by atoms with E-state index in [1.54, 1.807) is 24.3 Å². The van der Waals surface area contributed by atoms with Crippen molar-refractivity contribution < 1.29 is 14.5 Å².